The minimum Gasteiger partial charge on any atom is -0.376 e. The second-order valence-electron chi connectivity index (χ2n) is 5.90. The molecule has 1 saturated carbocycles. The number of ether oxygens (including phenoxy) is 1. The number of anilines is 1. The zero-order valence-corrected chi connectivity index (χ0v) is 12.9. The van der Waals surface area contributed by atoms with Gasteiger partial charge in [-0.25, -0.2) is 9.97 Å². The minimum atomic E-state index is 0.157. The van der Waals surface area contributed by atoms with Crippen LogP contribution in [-0.2, 0) is 11.2 Å². The van der Waals surface area contributed by atoms with Gasteiger partial charge in [0.05, 0.1) is 17.5 Å². The van der Waals surface area contributed by atoms with E-state index in [4.69, 9.17) is 10.5 Å². The molecule has 0 amide bonds. The number of aryl methyl sites for hydroxylation is 1. The third-order valence-corrected chi connectivity index (χ3v) is 5.90. The smallest absolute Gasteiger partial charge is 0.138 e. The van der Waals surface area contributed by atoms with E-state index in [1.54, 1.807) is 17.7 Å². The van der Waals surface area contributed by atoms with Gasteiger partial charge >= 0.3 is 0 Å². The third-order valence-electron chi connectivity index (χ3n) is 4.71. The Morgan fingerprint density at radius 3 is 3.24 bits per heavy atom. The molecule has 0 bridgehead atoms. The molecule has 0 radical (unpaired) electrons. The first-order chi connectivity index (χ1) is 10.3. The highest BCUT2D eigenvalue weighted by Gasteiger charge is 2.50. The van der Waals surface area contributed by atoms with Gasteiger partial charge < -0.3 is 15.8 Å². The molecule has 2 aliphatic rings. The highest BCUT2D eigenvalue weighted by atomic mass is 32.1. The van der Waals surface area contributed by atoms with Crippen molar-refractivity contribution in [1.29, 1.82) is 0 Å². The molecular formula is C15H20N4OS. The van der Waals surface area contributed by atoms with Crippen molar-refractivity contribution in [3.05, 3.63) is 17.3 Å². The predicted octanol–water partition coefficient (Wildman–Crippen LogP) is 2.17. The number of rotatable bonds is 3. The Bertz CT molecular complexity index is 658. The fourth-order valence-corrected chi connectivity index (χ4v) is 4.41. The van der Waals surface area contributed by atoms with Crippen LogP contribution >= 0.6 is 11.3 Å². The standard InChI is InChI=1S/C15H20N4OS/c1-2-8-6-10-14(17-7-18-15(10)21-8)19-12-11(16)9-4-3-5-20-13(9)12/h6-7,9,11-13H,2-5,16H2,1H3,(H,17,18,19). The van der Waals surface area contributed by atoms with Gasteiger partial charge in [0.1, 0.15) is 17.0 Å². The van der Waals surface area contributed by atoms with E-state index in [1.807, 2.05) is 0 Å². The Morgan fingerprint density at radius 2 is 2.38 bits per heavy atom. The van der Waals surface area contributed by atoms with Crippen LogP contribution in [0.4, 0.5) is 5.82 Å². The molecule has 3 heterocycles. The van der Waals surface area contributed by atoms with Crippen LogP contribution < -0.4 is 11.1 Å². The second kappa shape index (κ2) is 5.19. The van der Waals surface area contributed by atoms with Crippen molar-refractivity contribution in [1.82, 2.24) is 9.97 Å². The summed E-state index contributed by atoms with van der Waals surface area (Å²) in [6, 6.07) is 2.51. The van der Waals surface area contributed by atoms with E-state index in [-0.39, 0.29) is 18.2 Å². The van der Waals surface area contributed by atoms with Gasteiger partial charge in [-0.3, -0.25) is 0 Å². The van der Waals surface area contributed by atoms with Gasteiger partial charge in [0.2, 0.25) is 0 Å². The molecule has 5 nitrogen and oxygen atoms in total. The lowest BCUT2D eigenvalue weighted by Gasteiger charge is -2.52. The normalized spacial score (nSPS) is 31.7. The summed E-state index contributed by atoms with van der Waals surface area (Å²) in [5.41, 5.74) is 6.32. The van der Waals surface area contributed by atoms with Gasteiger partial charge in [0, 0.05) is 23.4 Å². The number of hydrogen-bond donors (Lipinski definition) is 2. The first kappa shape index (κ1) is 13.4. The van der Waals surface area contributed by atoms with E-state index in [9.17, 15) is 0 Å². The number of nitrogens with two attached hydrogens (primary N) is 1. The van der Waals surface area contributed by atoms with Crippen molar-refractivity contribution in [2.45, 2.75) is 44.4 Å². The molecular weight excluding hydrogens is 284 g/mol. The lowest BCUT2D eigenvalue weighted by Crippen LogP contribution is -2.69. The number of nitrogens with zero attached hydrogens (tertiary/aromatic N) is 2. The molecule has 1 saturated heterocycles. The Hall–Kier alpha value is -1.24. The van der Waals surface area contributed by atoms with Crippen LogP contribution in [0.25, 0.3) is 10.2 Å². The van der Waals surface area contributed by atoms with Crippen LogP contribution in [0.5, 0.6) is 0 Å². The number of hydrogen-bond acceptors (Lipinski definition) is 6. The molecule has 0 aromatic carbocycles. The second-order valence-corrected chi connectivity index (χ2v) is 7.01. The molecule has 4 unspecified atom stereocenters. The maximum absolute atomic E-state index is 6.32. The highest BCUT2D eigenvalue weighted by Crippen LogP contribution is 2.39. The van der Waals surface area contributed by atoms with Crippen LogP contribution in [0.15, 0.2) is 12.4 Å². The van der Waals surface area contributed by atoms with Gasteiger partial charge in [0.25, 0.3) is 0 Å². The van der Waals surface area contributed by atoms with Crippen molar-refractivity contribution in [3.63, 3.8) is 0 Å². The summed E-state index contributed by atoms with van der Waals surface area (Å²) in [7, 11) is 0. The maximum Gasteiger partial charge on any atom is 0.138 e. The zero-order chi connectivity index (χ0) is 14.4. The Balaban J connectivity index is 1.61. The number of nitrogens with one attached hydrogen (secondary N) is 1. The van der Waals surface area contributed by atoms with Crippen LogP contribution in [0.3, 0.4) is 0 Å². The van der Waals surface area contributed by atoms with Gasteiger partial charge in [-0.15, -0.1) is 11.3 Å². The van der Waals surface area contributed by atoms with E-state index >= 15 is 0 Å². The average Bonchev–Trinajstić information content (AvgIpc) is 2.96. The first-order valence-corrected chi connectivity index (χ1v) is 8.46. The molecule has 1 aliphatic heterocycles. The summed E-state index contributed by atoms with van der Waals surface area (Å²) in [5.74, 6) is 1.39. The van der Waals surface area contributed by atoms with E-state index < -0.39 is 0 Å². The monoisotopic (exact) mass is 304 g/mol. The molecule has 4 rings (SSSR count). The van der Waals surface area contributed by atoms with Gasteiger partial charge in [-0.05, 0) is 25.3 Å². The van der Waals surface area contributed by atoms with Crippen molar-refractivity contribution in [2.24, 2.45) is 11.7 Å². The molecule has 2 fully saturated rings. The van der Waals surface area contributed by atoms with Crippen molar-refractivity contribution in [3.8, 4) is 0 Å². The molecule has 112 valence electrons. The molecule has 0 spiro atoms. The molecule has 3 N–H and O–H groups in total. The fourth-order valence-electron chi connectivity index (χ4n) is 3.48. The Kier molecular flexibility index (Phi) is 3.32. The molecule has 4 atom stereocenters. The van der Waals surface area contributed by atoms with Crippen LogP contribution in [0.2, 0.25) is 0 Å². The van der Waals surface area contributed by atoms with Crippen LogP contribution in [-0.4, -0.2) is 34.8 Å². The molecule has 1 aliphatic carbocycles. The zero-order valence-electron chi connectivity index (χ0n) is 12.1. The third kappa shape index (κ3) is 2.13. The summed E-state index contributed by atoms with van der Waals surface area (Å²) in [5, 5.41) is 4.62. The largest absolute Gasteiger partial charge is 0.376 e. The first-order valence-electron chi connectivity index (χ1n) is 7.65. The Morgan fingerprint density at radius 1 is 1.48 bits per heavy atom. The fraction of sp³-hybridized carbons (Fsp3) is 0.600. The van der Waals surface area contributed by atoms with Crippen LogP contribution in [0.1, 0.15) is 24.6 Å². The molecule has 2 aromatic heterocycles. The van der Waals surface area contributed by atoms with Gasteiger partial charge in [-0.2, -0.15) is 0 Å². The average molecular weight is 304 g/mol. The summed E-state index contributed by atoms with van der Waals surface area (Å²) >= 11 is 1.73. The summed E-state index contributed by atoms with van der Waals surface area (Å²) in [4.78, 5) is 11.2. The molecule has 2 aromatic rings. The minimum absolute atomic E-state index is 0.157. The highest BCUT2D eigenvalue weighted by molar-refractivity contribution is 7.18. The van der Waals surface area contributed by atoms with E-state index in [1.165, 1.54) is 11.3 Å². The summed E-state index contributed by atoms with van der Waals surface area (Å²) in [6.07, 6.45) is 5.20. The molecule has 21 heavy (non-hydrogen) atoms. The van der Waals surface area contributed by atoms with Crippen LogP contribution in [0, 0.1) is 5.92 Å². The predicted molar refractivity (Wildman–Crippen MR) is 84.6 cm³/mol. The quantitative estimate of drug-likeness (QED) is 0.909. The van der Waals surface area contributed by atoms with Gasteiger partial charge in [-0.1, -0.05) is 6.92 Å². The number of fused-ring (bicyclic) bond motifs is 2. The lowest BCUT2D eigenvalue weighted by molar-refractivity contribution is -0.104. The Labute approximate surface area is 127 Å². The lowest BCUT2D eigenvalue weighted by atomic mass is 9.68. The SMILES string of the molecule is CCc1cc2c(NC3C(N)C4CCCOC43)ncnc2s1. The van der Waals surface area contributed by atoms with Gasteiger partial charge in [0.15, 0.2) is 0 Å². The van der Waals surface area contributed by atoms with E-state index in [0.29, 0.717) is 5.92 Å². The van der Waals surface area contributed by atoms with Crippen molar-refractivity contribution >= 4 is 27.4 Å². The van der Waals surface area contributed by atoms with Crippen molar-refractivity contribution in [2.75, 3.05) is 11.9 Å². The molecule has 6 heteroatoms. The summed E-state index contributed by atoms with van der Waals surface area (Å²) < 4.78 is 5.89. The van der Waals surface area contributed by atoms with Crippen molar-refractivity contribution < 1.29 is 4.74 Å². The van der Waals surface area contributed by atoms with E-state index in [0.717, 1.165) is 35.5 Å². The summed E-state index contributed by atoms with van der Waals surface area (Å²) in [6.45, 7) is 3.01. The maximum atomic E-state index is 6.32. The number of aromatic nitrogens is 2. The van der Waals surface area contributed by atoms with E-state index in [2.05, 4.69) is 28.3 Å². The number of thiophene rings is 1. The topological polar surface area (TPSA) is 73.1 Å².